The lowest BCUT2D eigenvalue weighted by atomic mass is 10.1. The molecule has 146 valence electrons. The molecule has 1 amide bonds. The first-order valence-corrected chi connectivity index (χ1v) is 9.56. The molecule has 3 aromatic carbocycles. The first-order chi connectivity index (χ1) is 14.2. The van der Waals surface area contributed by atoms with Crippen molar-refractivity contribution in [2.24, 2.45) is 0 Å². The lowest BCUT2D eigenvalue weighted by molar-refractivity contribution is 0.0954. The maximum Gasteiger partial charge on any atom is 0.251 e. The molecule has 1 aromatic heterocycles. The molecule has 0 aliphatic carbocycles. The van der Waals surface area contributed by atoms with E-state index in [1.165, 1.54) is 5.56 Å². The van der Waals surface area contributed by atoms with E-state index in [0.29, 0.717) is 30.0 Å². The van der Waals surface area contributed by atoms with Gasteiger partial charge in [0.25, 0.3) is 5.91 Å². The van der Waals surface area contributed by atoms with Gasteiger partial charge in [-0.05, 0) is 47.9 Å². The fourth-order valence-corrected chi connectivity index (χ4v) is 3.17. The zero-order valence-corrected chi connectivity index (χ0v) is 16.2. The SMILES string of the molecule is COc1ccc(Cc2nc3ccc(C(=O)NCCc4ccccc4)cc3o2)cc1. The van der Waals surface area contributed by atoms with E-state index in [9.17, 15) is 4.79 Å². The fourth-order valence-electron chi connectivity index (χ4n) is 3.17. The van der Waals surface area contributed by atoms with Crippen molar-refractivity contribution in [3.05, 3.63) is 95.4 Å². The summed E-state index contributed by atoms with van der Waals surface area (Å²) in [6, 6.07) is 23.2. The van der Waals surface area contributed by atoms with Crippen LogP contribution in [-0.2, 0) is 12.8 Å². The molecule has 0 saturated carbocycles. The molecular formula is C24H22N2O3. The van der Waals surface area contributed by atoms with Gasteiger partial charge in [0.1, 0.15) is 11.3 Å². The third kappa shape index (κ3) is 4.63. The number of oxazole rings is 1. The molecule has 0 fully saturated rings. The molecule has 0 saturated heterocycles. The average molecular weight is 386 g/mol. The molecular weight excluding hydrogens is 364 g/mol. The fraction of sp³-hybridized carbons (Fsp3) is 0.167. The number of ether oxygens (including phenoxy) is 1. The lowest BCUT2D eigenvalue weighted by Crippen LogP contribution is -2.25. The van der Waals surface area contributed by atoms with Gasteiger partial charge in [0.2, 0.25) is 0 Å². The molecule has 1 heterocycles. The smallest absolute Gasteiger partial charge is 0.251 e. The van der Waals surface area contributed by atoms with Crippen LogP contribution in [0.5, 0.6) is 5.75 Å². The van der Waals surface area contributed by atoms with Crippen molar-refractivity contribution >= 4 is 17.0 Å². The summed E-state index contributed by atoms with van der Waals surface area (Å²) in [5.41, 5.74) is 4.20. The minimum Gasteiger partial charge on any atom is -0.497 e. The maximum atomic E-state index is 12.5. The molecule has 1 N–H and O–H groups in total. The summed E-state index contributed by atoms with van der Waals surface area (Å²) < 4.78 is 11.0. The summed E-state index contributed by atoms with van der Waals surface area (Å²) in [5, 5.41) is 2.96. The summed E-state index contributed by atoms with van der Waals surface area (Å²) in [6.45, 7) is 0.583. The highest BCUT2D eigenvalue weighted by Gasteiger charge is 2.11. The molecule has 0 bridgehead atoms. The van der Waals surface area contributed by atoms with Crippen molar-refractivity contribution in [3.63, 3.8) is 0 Å². The topological polar surface area (TPSA) is 64.4 Å². The van der Waals surface area contributed by atoms with Gasteiger partial charge in [0, 0.05) is 18.5 Å². The van der Waals surface area contributed by atoms with Gasteiger partial charge < -0.3 is 14.5 Å². The highest BCUT2D eigenvalue weighted by Crippen LogP contribution is 2.20. The quantitative estimate of drug-likeness (QED) is 0.511. The Bertz CT molecular complexity index is 1100. The molecule has 0 unspecified atom stereocenters. The van der Waals surface area contributed by atoms with Crippen molar-refractivity contribution in [1.82, 2.24) is 10.3 Å². The zero-order chi connectivity index (χ0) is 20.1. The van der Waals surface area contributed by atoms with Crippen LogP contribution in [0.3, 0.4) is 0 Å². The second-order valence-electron chi connectivity index (χ2n) is 6.81. The van der Waals surface area contributed by atoms with Gasteiger partial charge in [-0.25, -0.2) is 4.98 Å². The summed E-state index contributed by atoms with van der Waals surface area (Å²) in [7, 11) is 1.64. The van der Waals surface area contributed by atoms with Gasteiger partial charge in [0.05, 0.1) is 7.11 Å². The Morgan fingerprint density at radius 2 is 1.79 bits per heavy atom. The molecule has 0 aliphatic heterocycles. The predicted molar refractivity (Wildman–Crippen MR) is 112 cm³/mol. The Morgan fingerprint density at radius 3 is 2.55 bits per heavy atom. The molecule has 5 heteroatoms. The number of carbonyl (C=O) groups excluding carboxylic acids is 1. The van der Waals surface area contributed by atoms with Crippen LogP contribution in [0.2, 0.25) is 0 Å². The normalized spacial score (nSPS) is 10.8. The first-order valence-electron chi connectivity index (χ1n) is 9.56. The number of aromatic nitrogens is 1. The highest BCUT2D eigenvalue weighted by molar-refractivity contribution is 5.97. The number of hydrogen-bond donors (Lipinski definition) is 1. The Hall–Kier alpha value is -3.60. The molecule has 0 spiro atoms. The Morgan fingerprint density at radius 1 is 1.00 bits per heavy atom. The molecule has 0 atom stereocenters. The van der Waals surface area contributed by atoms with Crippen LogP contribution in [0.15, 0.2) is 77.2 Å². The largest absolute Gasteiger partial charge is 0.497 e. The van der Waals surface area contributed by atoms with Crippen LogP contribution in [0, 0.1) is 0 Å². The van der Waals surface area contributed by atoms with Crippen molar-refractivity contribution in [3.8, 4) is 5.75 Å². The molecule has 0 aliphatic rings. The number of hydrogen-bond acceptors (Lipinski definition) is 4. The van der Waals surface area contributed by atoms with Crippen LogP contribution >= 0.6 is 0 Å². The number of amides is 1. The summed E-state index contributed by atoms with van der Waals surface area (Å²) in [6.07, 6.45) is 1.38. The minimum atomic E-state index is -0.115. The molecule has 0 radical (unpaired) electrons. The minimum absolute atomic E-state index is 0.115. The number of nitrogens with one attached hydrogen (secondary N) is 1. The average Bonchev–Trinajstić information content (AvgIpc) is 3.16. The molecule has 5 nitrogen and oxygen atoms in total. The summed E-state index contributed by atoms with van der Waals surface area (Å²) in [4.78, 5) is 17.0. The van der Waals surface area contributed by atoms with Crippen molar-refractivity contribution in [2.45, 2.75) is 12.8 Å². The summed E-state index contributed by atoms with van der Waals surface area (Å²) >= 11 is 0. The van der Waals surface area contributed by atoms with Crippen LogP contribution in [0.4, 0.5) is 0 Å². The van der Waals surface area contributed by atoms with Crippen molar-refractivity contribution in [1.29, 1.82) is 0 Å². The van der Waals surface area contributed by atoms with Crippen molar-refractivity contribution in [2.75, 3.05) is 13.7 Å². The van der Waals surface area contributed by atoms with Gasteiger partial charge in [-0.2, -0.15) is 0 Å². The van der Waals surface area contributed by atoms with Gasteiger partial charge in [-0.3, -0.25) is 4.79 Å². The van der Waals surface area contributed by atoms with Gasteiger partial charge >= 0.3 is 0 Å². The lowest BCUT2D eigenvalue weighted by Gasteiger charge is -2.05. The molecule has 4 aromatic rings. The maximum absolute atomic E-state index is 12.5. The number of benzene rings is 3. The van der Waals surface area contributed by atoms with E-state index in [1.54, 1.807) is 19.2 Å². The van der Waals surface area contributed by atoms with E-state index in [-0.39, 0.29) is 5.91 Å². The number of nitrogens with zero attached hydrogens (tertiary/aromatic N) is 1. The first kappa shape index (κ1) is 18.7. The zero-order valence-electron chi connectivity index (χ0n) is 16.2. The number of rotatable bonds is 7. The van der Waals surface area contributed by atoms with E-state index in [1.807, 2.05) is 48.5 Å². The summed E-state index contributed by atoms with van der Waals surface area (Å²) in [5.74, 6) is 1.32. The van der Waals surface area contributed by atoms with E-state index >= 15 is 0 Å². The number of carbonyl (C=O) groups is 1. The Balaban J connectivity index is 1.41. The van der Waals surface area contributed by atoms with Crippen LogP contribution < -0.4 is 10.1 Å². The third-order valence-corrected chi connectivity index (χ3v) is 4.75. The van der Waals surface area contributed by atoms with Crippen LogP contribution in [0.25, 0.3) is 11.1 Å². The predicted octanol–water partition coefficient (Wildman–Crippen LogP) is 4.40. The molecule has 29 heavy (non-hydrogen) atoms. The highest BCUT2D eigenvalue weighted by atomic mass is 16.5. The van der Waals surface area contributed by atoms with Crippen LogP contribution in [-0.4, -0.2) is 24.5 Å². The van der Waals surface area contributed by atoms with Gasteiger partial charge in [-0.1, -0.05) is 42.5 Å². The molecule has 4 rings (SSSR count). The third-order valence-electron chi connectivity index (χ3n) is 4.75. The van der Waals surface area contributed by atoms with Gasteiger partial charge in [0.15, 0.2) is 11.5 Å². The van der Waals surface area contributed by atoms with E-state index in [0.717, 1.165) is 23.3 Å². The van der Waals surface area contributed by atoms with E-state index in [4.69, 9.17) is 9.15 Å². The second-order valence-corrected chi connectivity index (χ2v) is 6.81. The standard InChI is InChI=1S/C24H22N2O3/c1-28-20-10-7-18(8-11-20)15-23-26-21-12-9-19(16-22(21)29-23)24(27)25-14-13-17-5-3-2-4-6-17/h2-12,16H,13-15H2,1H3,(H,25,27). The number of fused-ring (bicyclic) bond motifs is 1. The van der Waals surface area contributed by atoms with Gasteiger partial charge in [-0.15, -0.1) is 0 Å². The Kier molecular flexibility index (Phi) is 5.56. The Labute approximate surface area is 169 Å². The van der Waals surface area contributed by atoms with Crippen molar-refractivity contribution < 1.29 is 13.9 Å². The van der Waals surface area contributed by atoms with E-state index < -0.39 is 0 Å². The monoisotopic (exact) mass is 386 g/mol. The van der Waals surface area contributed by atoms with E-state index in [2.05, 4.69) is 22.4 Å². The number of methoxy groups -OCH3 is 1. The second kappa shape index (κ2) is 8.61. The van der Waals surface area contributed by atoms with Crippen LogP contribution in [0.1, 0.15) is 27.4 Å².